The largest absolute Gasteiger partial charge is 0.365 e. The number of rotatable bonds is 9. The van der Waals surface area contributed by atoms with Crippen LogP contribution in [-0.4, -0.2) is 31.7 Å². The molecule has 2 aliphatic rings. The molecule has 130 valence electrons. The van der Waals surface area contributed by atoms with Crippen molar-refractivity contribution >= 4 is 6.08 Å². The second-order valence-corrected chi connectivity index (χ2v) is 6.46. The van der Waals surface area contributed by atoms with Crippen molar-refractivity contribution in [2.24, 2.45) is 0 Å². The maximum atomic E-state index is 5.75. The lowest BCUT2D eigenvalue weighted by atomic mass is 10.1. The van der Waals surface area contributed by atoms with E-state index in [-0.39, 0.29) is 6.29 Å². The molecule has 0 spiro atoms. The van der Waals surface area contributed by atoms with E-state index in [1.165, 1.54) is 18.4 Å². The third kappa shape index (κ3) is 6.23. The first-order valence-electron chi connectivity index (χ1n) is 9.20. The predicted molar refractivity (Wildman–Crippen MR) is 96.7 cm³/mol. The molecule has 2 fully saturated rings. The third-order valence-electron chi connectivity index (χ3n) is 4.45. The zero-order valence-corrected chi connectivity index (χ0v) is 14.3. The van der Waals surface area contributed by atoms with Gasteiger partial charge in [0, 0.05) is 13.2 Å². The van der Waals surface area contributed by atoms with Crippen LogP contribution in [0.15, 0.2) is 48.6 Å². The van der Waals surface area contributed by atoms with Crippen LogP contribution in [0.5, 0.6) is 0 Å². The van der Waals surface area contributed by atoms with Gasteiger partial charge in [0.1, 0.15) is 6.10 Å². The summed E-state index contributed by atoms with van der Waals surface area (Å²) in [6, 6.07) is 10.3. The summed E-state index contributed by atoms with van der Waals surface area (Å²) < 4.78 is 17.0. The molecular weight excluding hydrogens is 300 g/mol. The summed E-state index contributed by atoms with van der Waals surface area (Å²) in [5.41, 5.74) is 1.22. The zero-order valence-electron chi connectivity index (χ0n) is 14.3. The van der Waals surface area contributed by atoms with Crippen LogP contribution in [-0.2, 0) is 14.2 Å². The molecule has 3 nitrogen and oxygen atoms in total. The Balaban J connectivity index is 1.21. The minimum atomic E-state index is 0.0445. The average molecular weight is 328 g/mol. The summed E-state index contributed by atoms with van der Waals surface area (Å²) >= 11 is 0. The molecule has 0 radical (unpaired) electrons. The van der Waals surface area contributed by atoms with Crippen LogP contribution in [0.3, 0.4) is 0 Å². The van der Waals surface area contributed by atoms with Crippen molar-refractivity contribution in [3.63, 3.8) is 0 Å². The molecule has 0 aromatic heterocycles. The monoisotopic (exact) mass is 328 g/mol. The van der Waals surface area contributed by atoms with Crippen LogP contribution in [0.2, 0.25) is 0 Å². The van der Waals surface area contributed by atoms with Crippen molar-refractivity contribution in [3.05, 3.63) is 54.1 Å². The number of allylic oxidation sites excluding steroid dienone is 2. The van der Waals surface area contributed by atoms with Gasteiger partial charge in [-0.15, -0.1) is 0 Å². The van der Waals surface area contributed by atoms with Gasteiger partial charge in [-0.1, -0.05) is 54.6 Å². The van der Waals surface area contributed by atoms with E-state index in [9.17, 15) is 0 Å². The molecule has 1 unspecified atom stereocenters. The van der Waals surface area contributed by atoms with E-state index in [1.807, 2.05) is 18.2 Å². The fourth-order valence-corrected chi connectivity index (χ4v) is 2.97. The van der Waals surface area contributed by atoms with Crippen LogP contribution in [0.1, 0.15) is 44.1 Å². The van der Waals surface area contributed by atoms with E-state index in [2.05, 4.69) is 36.4 Å². The molecule has 24 heavy (non-hydrogen) atoms. The molecule has 2 saturated heterocycles. The molecule has 3 heteroatoms. The van der Waals surface area contributed by atoms with E-state index in [0.717, 1.165) is 38.9 Å². The summed E-state index contributed by atoms with van der Waals surface area (Å²) in [5, 5.41) is 0. The van der Waals surface area contributed by atoms with E-state index in [1.54, 1.807) is 0 Å². The standard InChI is InChI=1S/C21H28O3/c1-2-10-18(11-3-1)12-4-5-13-19-20(24-19)14-6-8-16-22-21-15-7-9-17-23-21/h1-5,10-13,19-21H,6-9,14-17H2/b12-4+,13-5-/t19-,20-,21?/m0/s1. The topological polar surface area (TPSA) is 31.0 Å². The van der Waals surface area contributed by atoms with Crippen molar-refractivity contribution in [3.8, 4) is 0 Å². The number of ether oxygens (including phenoxy) is 3. The summed E-state index contributed by atoms with van der Waals surface area (Å²) in [6.07, 6.45) is 16.0. The maximum Gasteiger partial charge on any atom is 0.157 e. The molecule has 2 heterocycles. The van der Waals surface area contributed by atoms with Gasteiger partial charge in [-0.05, 0) is 44.1 Å². The molecule has 0 N–H and O–H groups in total. The van der Waals surface area contributed by atoms with Crippen molar-refractivity contribution in [2.45, 2.75) is 57.0 Å². The fraction of sp³-hybridized carbons (Fsp3) is 0.524. The molecule has 0 amide bonds. The molecule has 0 saturated carbocycles. The zero-order chi connectivity index (χ0) is 16.5. The highest BCUT2D eigenvalue weighted by atomic mass is 16.7. The lowest BCUT2D eigenvalue weighted by molar-refractivity contribution is -0.162. The van der Waals surface area contributed by atoms with Gasteiger partial charge < -0.3 is 14.2 Å². The minimum absolute atomic E-state index is 0.0445. The normalized spacial score (nSPS) is 27.1. The average Bonchev–Trinajstić information content (AvgIpc) is 3.38. The highest BCUT2D eigenvalue weighted by Gasteiger charge is 2.35. The fourth-order valence-electron chi connectivity index (χ4n) is 2.97. The molecular formula is C21H28O3. The van der Waals surface area contributed by atoms with Crippen molar-refractivity contribution in [1.29, 1.82) is 0 Å². The van der Waals surface area contributed by atoms with Gasteiger partial charge in [0.05, 0.1) is 6.10 Å². The van der Waals surface area contributed by atoms with Gasteiger partial charge in [-0.2, -0.15) is 0 Å². The van der Waals surface area contributed by atoms with Crippen molar-refractivity contribution in [1.82, 2.24) is 0 Å². The highest BCUT2D eigenvalue weighted by Crippen LogP contribution is 2.28. The second kappa shape index (κ2) is 9.77. The summed E-state index contributed by atoms with van der Waals surface area (Å²) in [5.74, 6) is 0. The Bertz CT molecular complexity index is 517. The first-order chi connectivity index (χ1) is 11.9. The van der Waals surface area contributed by atoms with Gasteiger partial charge in [-0.25, -0.2) is 0 Å². The summed E-state index contributed by atoms with van der Waals surface area (Å²) in [6.45, 7) is 1.66. The Labute approximate surface area is 145 Å². The quantitative estimate of drug-likeness (QED) is 0.373. The number of benzene rings is 1. The van der Waals surface area contributed by atoms with Gasteiger partial charge in [-0.3, -0.25) is 0 Å². The van der Waals surface area contributed by atoms with Gasteiger partial charge in [0.25, 0.3) is 0 Å². The number of hydrogen-bond donors (Lipinski definition) is 0. The third-order valence-corrected chi connectivity index (χ3v) is 4.45. The van der Waals surface area contributed by atoms with Crippen molar-refractivity contribution < 1.29 is 14.2 Å². The Morgan fingerprint density at radius 2 is 2.00 bits per heavy atom. The lowest BCUT2D eigenvalue weighted by Gasteiger charge is -2.22. The molecule has 3 atom stereocenters. The van der Waals surface area contributed by atoms with E-state index < -0.39 is 0 Å². The number of epoxide rings is 1. The summed E-state index contributed by atoms with van der Waals surface area (Å²) in [4.78, 5) is 0. The first kappa shape index (κ1) is 17.4. The molecule has 1 aromatic carbocycles. The molecule has 0 bridgehead atoms. The predicted octanol–water partition coefficient (Wildman–Crippen LogP) is 4.74. The van der Waals surface area contributed by atoms with E-state index >= 15 is 0 Å². The molecule has 0 aliphatic carbocycles. The SMILES string of the molecule is C(=C/[C@@H]1O[C@H]1CCCCOC1CCCCO1)/C=C/c1ccccc1. The molecule has 2 aliphatic heterocycles. The number of unbranched alkanes of at least 4 members (excludes halogenated alkanes) is 1. The summed E-state index contributed by atoms with van der Waals surface area (Å²) in [7, 11) is 0. The van der Waals surface area contributed by atoms with Gasteiger partial charge in [0.15, 0.2) is 6.29 Å². The Morgan fingerprint density at radius 1 is 1.08 bits per heavy atom. The first-order valence-corrected chi connectivity index (χ1v) is 9.20. The van der Waals surface area contributed by atoms with Crippen LogP contribution in [0.25, 0.3) is 6.08 Å². The second-order valence-electron chi connectivity index (χ2n) is 6.46. The van der Waals surface area contributed by atoms with Crippen LogP contribution in [0.4, 0.5) is 0 Å². The molecule has 1 aromatic rings. The van der Waals surface area contributed by atoms with E-state index in [4.69, 9.17) is 14.2 Å². The number of hydrogen-bond acceptors (Lipinski definition) is 3. The Morgan fingerprint density at radius 3 is 2.83 bits per heavy atom. The molecule has 3 rings (SSSR count). The lowest BCUT2D eigenvalue weighted by Crippen LogP contribution is -2.22. The van der Waals surface area contributed by atoms with Gasteiger partial charge >= 0.3 is 0 Å². The Kier molecular flexibility index (Phi) is 7.09. The Hall–Kier alpha value is -1.42. The van der Waals surface area contributed by atoms with Crippen LogP contribution in [0, 0.1) is 0 Å². The van der Waals surface area contributed by atoms with E-state index in [0.29, 0.717) is 12.2 Å². The van der Waals surface area contributed by atoms with Crippen LogP contribution < -0.4 is 0 Å². The van der Waals surface area contributed by atoms with Gasteiger partial charge in [0.2, 0.25) is 0 Å². The maximum absolute atomic E-state index is 5.75. The van der Waals surface area contributed by atoms with Crippen LogP contribution >= 0.6 is 0 Å². The minimum Gasteiger partial charge on any atom is -0.365 e. The smallest absolute Gasteiger partial charge is 0.157 e. The highest BCUT2D eigenvalue weighted by molar-refractivity contribution is 5.50. The van der Waals surface area contributed by atoms with Crippen molar-refractivity contribution in [2.75, 3.05) is 13.2 Å².